The van der Waals surface area contributed by atoms with Crippen molar-refractivity contribution in [3.8, 4) is 0 Å². The lowest BCUT2D eigenvalue weighted by Gasteiger charge is -2.22. The van der Waals surface area contributed by atoms with E-state index in [1.807, 2.05) is 30.3 Å². The van der Waals surface area contributed by atoms with Crippen LogP contribution in [-0.4, -0.2) is 75.3 Å². The first kappa shape index (κ1) is 16.9. The lowest BCUT2D eigenvalue weighted by molar-refractivity contribution is -0.146. The minimum atomic E-state index is -1.44. The van der Waals surface area contributed by atoms with Gasteiger partial charge in [-0.15, -0.1) is 0 Å². The maximum absolute atomic E-state index is 11.8. The quantitative estimate of drug-likeness (QED) is 0.500. The molecular weight excluding hydrogens is 290 g/mol. The molecule has 2 rings (SSSR count). The number of hydrogen-bond donors (Lipinski definition) is 4. The van der Waals surface area contributed by atoms with E-state index in [-0.39, 0.29) is 26.2 Å². The number of likely N-dealkylation sites (tertiary alicyclic amines) is 1. The minimum Gasteiger partial charge on any atom is -0.460 e. The third kappa shape index (κ3) is 4.49. The highest BCUT2D eigenvalue weighted by Crippen LogP contribution is 2.13. The van der Waals surface area contributed by atoms with Crippen molar-refractivity contribution in [2.45, 2.75) is 31.0 Å². The van der Waals surface area contributed by atoms with Crippen LogP contribution in [0.2, 0.25) is 0 Å². The molecule has 0 unspecified atom stereocenters. The van der Waals surface area contributed by atoms with Crippen molar-refractivity contribution in [2.75, 3.05) is 19.6 Å². The fraction of sp³-hybridized carbons (Fsp3) is 0.533. The van der Waals surface area contributed by atoms with Gasteiger partial charge in [0.05, 0.1) is 18.8 Å². The van der Waals surface area contributed by atoms with Crippen molar-refractivity contribution in [3.05, 3.63) is 35.9 Å². The fourth-order valence-corrected chi connectivity index (χ4v) is 2.37. The van der Waals surface area contributed by atoms with Gasteiger partial charge in [-0.05, 0) is 5.56 Å². The SMILES string of the molecule is O=C(CN1C[C@@H](O)[C@@H](O)[C@H](O)[C@H](O)C1)OCc1ccccc1. The predicted octanol–water partition coefficient (Wildman–Crippen LogP) is -1.51. The van der Waals surface area contributed by atoms with E-state index >= 15 is 0 Å². The third-order valence-electron chi connectivity index (χ3n) is 3.62. The van der Waals surface area contributed by atoms with Crippen LogP contribution in [0.1, 0.15) is 5.56 Å². The predicted molar refractivity (Wildman–Crippen MR) is 76.7 cm³/mol. The van der Waals surface area contributed by atoms with E-state index < -0.39 is 30.4 Å². The molecule has 1 aromatic rings. The average Bonchev–Trinajstić information content (AvgIpc) is 2.59. The molecule has 4 atom stereocenters. The van der Waals surface area contributed by atoms with Gasteiger partial charge in [-0.2, -0.15) is 0 Å². The van der Waals surface area contributed by atoms with Crippen molar-refractivity contribution in [3.63, 3.8) is 0 Å². The van der Waals surface area contributed by atoms with E-state index in [9.17, 15) is 25.2 Å². The molecule has 0 bridgehead atoms. The van der Waals surface area contributed by atoms with E-state index in [1.54, 1.807) is 0 Å². The number of benzene rings is 1. The van der Waals surface area contributed by atoms with Gasteiger partial charge in [0.15, 0.2) is 0 Å². The number of aliphatic hydroxyl groups is 4. The van der Waals surface area contributed by atoms with Crippen molar-refractivity contribution in [1.82, 2.24) is 4.90 Å². The number of carbonyl (C=O) groups is 1. The van der Waals surface area contributed by atoms with Gasteiger partial charge in [-0.1, -0.05) is 30.3 Å². The van der Waals surface area contributed by atoms with Crippen LogP contribution < -0.4 is 0 Å². The summed E-state index contributed by atoms with van der Waals surface area (Å²) in [6.45, 7) is -0.0598. The summed E-state index contributed by atoms with van der Waals surface area (Å²) in [4.78, 5) is 13.3. The Hall–Kier alpha value is -1.51. The molecular formula is C15H21NO6. The monoisotopic (exact) mass is 311 g/mol. The molecule has 1 fully saturated rings. The standard InChI is InChI=1S/C15H21NO6/c17-11-6-16(7-12(18)15(21)14(11)20)8-13(19)22-9-10-4-2-1-3-5-10/h1-5,11-12,14-15,17-18,20-21H,6-9H2/t11-,12-,14-,15-/m1/s1. The molecule has 0 spiro atoms. The minimum absolute atomic E-state index is 0.0320. The van der Waals surface area contributed by atoms with Crippen LogP contribution in [0.5, 0.6) is 0 Å². The molecule has 4 N–H and O–H groups in total. The summed E-state index contributed by atoms with van der Waals surface area (Å²) >= 11 is 0. The highest BCUT2D eigenvalue weighted by Gasteiger charge is 2.36. The molecule has 0 saturated carbocycles. The van der Waals surface area contributed by atoms with Gasteiger partial charge < -0.3 is 25.2 Å². The van der Waals surface area contributed by atoms with E-state index in [0.717, 1.165) is 5.56 Å². The van der Waals surface area contributed by atoms with Gasteiger partial charge in [0.2, 0.25) is 0 Å². The summed E-state index contributed by atoms with van der Waals surface area (Å²) in [7, 11) is 0. The summed E-state index contributed by atoms with van der Waals surface area (Å²) in [6, 6.07) is 9.21. The Bertz CT molecular complexity index is 466. The lowest BCUT2D eigenvalue weighted by atomic mass is 10.1. The van der Waals surface area contributed by atoms with Crippen molar-refractivity contribution in [1.29, 1.82) is 0 Å². The zero-order valence-corrected chi connectivity index (χ0v) is 12.1. The number of ether oxygens (including phenoxy) is 1. The normalized spacial score (nSPS) is 29.8. The topological polar surface area (TPSA) is 110 Å². The first-order valence-corrected chi connectivity index (χ1v) is 7.11. The molecule has 22 heavy (non-hydrogen) atoms. The number of aliphatic hydroxyl groups excluding tert-OH is 4. The first-order valence-electron chi connectivity index (χ1n) is 7.11. The first-order chi connectivity index (χ1) is 10.5. The van der Waals surface area contributed by atoms with Crippen molar-refractivity contribution in [2.24, 2.45) is 0 Å². The second-order valence-corrected chi connectivity index (χ2v) is 5.46. The zero-order valence-electron chi connectivity index (χ0n) is 12.1. The second kappa shape index (κ2) is 7.66. The summed E-state index contributed by atoms with van der Waals surface area (Å²) in [5.74, 6) is -0.505. The number of esters is 1. The highest BCUT2D eigenvalue weighted by molar-refractivity contribution is 5.71. The summed E-state index contributed by atoms with van der Waals surface area (Å²) in [6.07, 6.45) is -5.37. The molecule has 0 radical (unpaired) electrons. The molecule has 1 saturated heterocycles. The fourth-order valence-electron chi connectivity index (χ4n) is 2.37. The molecule has 0 aliphatic carbocycles. The van der Waals surface area contributed by atoms with Gasteiger partial charge in [-0.3, -0.25) is 9.69 Å². The maximum Gasteiger partial charge on any atom is 0.320 e. The van der Waals surface area contributed by atoms with E-state index in [1.165, 1.54) is 4.90 Å². The third-order valence-corrected chi connectivity index (χ3v) is 3.62. The molecule has 122 valence electrons. The van der Waals surface area contributed by atoms with Crippen LogP contribution in [-0.2, 0) is 16.1 Å². The molecule has 0 amide bonds. The molecule has 0 aromatic heterocycles. The van der Waals surface area contributed by atoms with Crippen LogP contribution in [0.4, 0.5) is 0 Å². The van der Waals surface area contributed by atoms with Crippen LogP contribution in [0.3, 0.4) is 0 Å². The highest BCUT2D eigenvalue weighted by atomic mass is 16.5. The molecule has 7 nitrogen and oxygen atoms in total. The van der Waals surface area contributed by atoms with Crippen LogP contribution in [0.25, 0.3) is 0 Å². The van der Waals surface area contributed by atoms with E-state index in [4.69, 9.17) is 4.74 Å². The zero-order chi connectivity index (χ0) is 16.1. The second-order valence-electron chi connectivity index (χ2n) is 5.46. The lowest BCUT2D eigenvalue weighted by Crippen LogP contribution is -2.43. The van der Waals surface area contributed by atoms with Crippen LogP contribution in [0.15, 0.2) is 30.3 Å². The Balaban J connectivity index is 1.85. The Morgan fingerprint density at radius 3 is 2.14 bits per heavy atom. The number of carbonyl (C=O) groups excluding carboxylic acids is 1. The van der Waals surface area contributed by atoms with E-state index in [0.29, 0.717) is 0 Å². The largest absolute Gasteiger partial charge is 0.460 e. The van der Waals surface area contributed by atoms with Crippen LogP contribution >= 0.6 is 0 Å². The van der Waals surface area contributed by atoms with Gasteiger partial charge in [0.1, 0.15) is 18.8 Å². The van der Waals surface area contributed by atoms with Gasteiger partial charge in [0.25, 0.3) is 0 Å². The number of rotatable bonds is 4. The molecule has 1 heterocycles. The maximum atomic E-state index is 11.8. The van der Waals surface area contributed by atoms with Crippen molar-refractivity contribution < 1.29 is 30.0 Å². The Kier molecular flexibility index (Phi) is 5.87. The van der Waals surface area contributed by atoms with Gasteiger partial charge in [0, 0.05) is 13.1 Å². The molecule has 1 aliphatic rings. The Morgan fingerprint density at radius 1 is 1.05 bits per heavy atom. The smallest absolute Gasteiger partial charge is 0.320 e. The summed E-state index contributed by atoms with van der Waals surface area (Å²) in [5, 5.41) is 38.6. The molecule has 7 heteroatoms. The Labute approximate surface area is 128 Å². The molecule has 1 aliphatic heterocycles. The Morgan fingerprint density at radius 2 is 1.59 bits per heavy atom. The summed E-state index contributed by atoms with van der Waals surface area (Å²) in [5.41, 5.74) is 0.859. The molecule has 1 aromatic carbocycles. The van der Waals surface area contributed by atoms with Gasteiger partial charge >= 0.3 is 5.97 Å². The summed E-state index contributed by atoms with van der Waals surface area (Å²) < 4.78 is 5.13. The van der Waals surface area contributed by atoms with Gasteiger partial charge in [-0.25, -0.2) is 0 Å². The average molecular weight is 311 g/mol. The number of nitrogens with zero attached hydrogens (tertiary/aromatic N) is 1. The number of hydrogen-bond acceptors (Lipinski definition) is 7. The number of β-amino-alcohol motifs (C(OH)–C–C–N with tert-alkyl or cyclic N) is 2. The van der Waals surface area contributed by atoms with E-state index in [2.05, 4.69) is 0 Å². The van der Waals surface area contributed by atoms with Crippen LogP contribution in [0, 0.1) is 0 Å². The van der Waals surface area contributed by atoms with Crippen molar-refractivity contribution >= 4 is 5.97 Å².